The van der Waals surface area contributed by atoms with Crippen molar-refractivity contribution in [3.05, 3.63) is 40.4 Å². The van der Waals surface area contributed by atoms with Gasteiger partial charge in [0.25, 0.3) is 0 Å². The molecule has 0 heterocycles. The minimum absolute atomic E-state index is 0.0239. The molecule has 1 aromatic rings. The number of carbonyl (C=O) groups is 1. The number of carbonyl (C=O) groups excluding carboxylic acids is 1. The van der Waals surface area contributed by atoms with Crippen LogP contribution in [0, 0.1) is 11.3 Å². The van der Waals surface area contributed by atoms with Crippen LogP contribution in [-0.2, 0) is 9.53 Å². The quantitative estimate of drug-likeness (QED) is 0.460. The number of benzene rings is 1. The van der Waals surface area contributed by atoms with E-state index in [9.17, 15) is 4.79 Å². The number of esters is 1. The van der Waals surface area contributed by atoms with Crippen molar-refractivity contribution in [1.29, 1.82) is 5.26 Å². The number of nitriles is 1. The molecule has 0 amide bonds. The standard InChI is InChI=1S/C12H10ClNO2/c1-2-16-12(15)10(8-14)7-9-3-5-11(13)6-4-9/h3-7H,2H2,1H3/b10-7+. The molecule has 0 N–H and O–H groups in total. The van der Waals surface area contributed by atoms with Gasteiger partial charge in [-0.2, -0.15) is 5.26 Å². The Balaban J connectivity index is 2.92. The number of nitrogens with zero attached hydrogens (tertiary/aromatic N) is 1. The highest BCUT2D eigenvalue weighted by atomic mass is 35.5. The summed E-state index contributed by atoms with van der Waals surface area (Å²) in [6, 6.07) is 8.62. The zero-order chi connectivity index (χ0) is 12.0. The zero-order valence-corrected chi connectivity index (χ0v) is 9.49. The van der Waals surface area contributed by atoms with E-state index in [4.69, 9.17) is 21.6 Å². The monoisotopic (exact) mass is 235 g/mol. The molecule has 0 unspecified atom stereocenters. The molecule has 0 saturated heterocycles. The number of halogens is 1. The molecule has 4 heteroatoms. The summed E-state index contributed by atoms with van der Waals surface area (Å²) >= 11 is 5.72. The summed E-state index contributed by atoms with van der Waals surface area (Å²) in [4.78, 5) is 11.3. The SMILES string of the molecule is CCOC(=O)/C(C#N)=C/c1ccc(Cl)cc1. The van der Waals surface area contributed by atoms with Crippen molar-refractivity contribution in [3.63, 3.8) is 0 Å². The van der Waals surface area contributed by atoms with Crippen molar-refractivity contribution < 1.29 is 9.53 Å². The molecule has 0 aliphatic heterocycles. The third-order valence-electron chi connectivity index (χ3n) is 1.80. The summed E-state index contributed by atoms with van der Waals surface area (Å²) in [7, 11) is 0. The lowest BCUT2D eigenvalue weighted by atomic mass is 10.1. The van der Waals surface area contributed by atoms with Gasteiger partial charge >= 0.3 is 5.97 Å². The second-order valence-corrected chi connectivity index (χ2v) is 3.38. The number of hydrogen-bond acceptors (Lipinski definition) is 3. The van der Waals surface area contributed by atoms with Crippen LogP contribution >= 0.6 is 11.6 Å². The summed E-state index contributed by atoms with van der Waals surface area (Å²) in [5, 5.41) is 9.40. The Morgan fingerprint density at radius 2 is 2.12 bits per heavy atom. The number of hydrogen-bond donors (Lipinski definition) is 0. The molecule has 0 spiro atoms. The van der Waals surface area contributed by atoms with Crippen LogP contribution in [0.1, 0.15) is 12.5 Å². The second-order valence-electron chi connectivity index (χ2n) is 2.94. The lowest BCUT2D eigenvalue weighted by Crippen LogP contribution is -2.05. The van der Waals surface area contributed by atoms with Gasteiger partial charge in [0.1, 0.15) is 11.6 Å². The van der Waals surface area contributed by atoms with Gasteiger partial charge in [0.05, 0.1) is 6.61 Å². The summed E-state index contributed by atoms with van der Waals surface area (Å²) in [6.07, 6.45) is 1.47. The van der Waals surface area contributed by atoms with Crippen LogP contribution in [0.25, 0.3) is 6.08 Å². The van der Waals surface area contributed by atoms with Gasteiger partial charge < -0.3 is 4.74 Å². The van der Waals surface area contributed by atoms with Crippen LogP contribution in [-0.4, -0.2) is 12.6 Å². The van der Waals surface area contributed by atoms with Gasteiger partial charge in [0, 0.05) is 5.02 Å². The Bertz CT molecular complexity index is 443. The minimum Gasteiger partial charge on any atom is -0.462 e. The van der Waals surface area contributed by atoms with Crippen molar-refractivity contribution in [2.45, 2.75) is 6.92 Å². The van der Waals surface area contributed by atoms with E-state index in [2.05, 4.69) is 0 Å². The third-order valence-corrected chi connectivity index (χ3v) is 2.05. The smallest absolute Gasteiger partial charge is 0.348 e. The fourth-order valence-corrected chi connectivity index (χ4v) is 1.20. The van der Waals surface area contributed by atoms with Crippen molar-refractivity contribution in [3.8, 4) is 6.07 Å². The lowest BCUT2D eigenvalue weighted by molar-refractivity contribution is -0.137. The van der Waals surface area contributed by atoms with Gasteiger partial charge in [-0.15, -0.1) is 0 Å². The van der Waals surface area contributed by atoms with Gasteiger partial charge in [-0.05, 0) is 30.7 Å². The Morgan fingerprint density at radius 1 is 1.50 bits per heavy atom. The highest BCUT2D eigenvalue weighted by Crippen LogP contribution is 2.12. The molecule has 0 aliphatic rings. The molecule has 1 aromatic carbocycles. The molecular formula is C12H10ClNO2. The molecule has 82 valence electrons. The van der Waals surface area contributed by atoms with E-state index in [-0.39, 0.29) is 12.2 Å². The molecular weight excluding hydrogens is 226 g/mol. The van der Waals surface area contributed by atoms with Crippen molar-refractivity contribution in [1.82, 2.24) is 0 Å². The van der Waals surface area contributed by atoms with Gasteiger partial charge in [0.15, 0.2) is 0 Å². The van der Waals surface area contributed by atoms with E-state index in [0.29, 0.717) is 5.02 Å². The average Bonchev–Trinajstić information content (AvgIpc) is 2.28. The topological polar surface area (TPSA) is 50.1 Å². The molecule has 3 nitrogen and oxygen atoms in total. The van der Waals surface area contributed by atoms with Crippen LogP contribution in [0.3, 0.4) is 0 Å². The Labute approximate surface area is 98.9 Å². The molecule has 0 aliphatic carbocycles. The first-order chi connectivity index (χ1) is 7.67. The maximum atomic E-state index is 11.3. The fourth-order valence-electron chi connectivity index (χ4n) is 1.07. The first-order valence-corrected chi connectivity index (χ1v) is 5.09. The molecule has 0 bridgehead atoms. The van der Waals surface area contributed by atoms with Crippen LogP contribution in [0.5, 0.6) is 0 Å². The fraction of sp³-hybridized carbons (Fsp3) is 0.167. The Hall–Kier alpha value is -1.79. The van der Waals surface area contributed by atoms with E-state index in [1.54, 1.807) is 37.3 Å². The van der Waals surface area contributed by atoms with Crippen molar-refractivity contribution in [2.24, 2.45) is 0 Å². The largest absolute Gasteiger partial charge is 0.462 e. The molecule has 0 radical (unpaired) electrons. The molecule has 0 atom stereocenters. The van der Waals surface area contributed by atoms with Crippen molar-refractivity contribution >= 4 is 23.6 Å². The molecule has 16 heavy (non-hydrogen) atoms. The molecule has 0 saturated carbocycles. The van der Waals surface area contributed by atoms with E-state index in [1.807, 2.05) is 0 Å². The first-order valence-electron chi connectivity index (χ1n) is 4.72. The van der Waals surface area contributed by atoms with E-state index < -0.39 is 5.97 Å². The highest BCUT2D eigenvalue weighted by molar-refractivity contribution is 6.30. The Kier molecular flexibility index (Phi) is 4.56. The summed E-state index contributed by atoms with van der Waals surface area (Å²) in [5.41, 5.74) is 0.707. The molecule has 1 rings (SSSR count). The highest BCUT2D eigenvalue weighted by Gasteiger charge is 2.09. The van der Waals surface area contributed by atoms with Crippen LogP contribution in [0.2, 0.25) is 5.02 Å². The maximum Gasteiger partial charge on any atom is 0.348 e. The van der Waals surface area contributed by atoms with Crippen molar-refractivity contribution in [2.75, 3.05) is 6.61 Å². The second kappa shape index (κ2) is 5.94. The average molecular weight is 236 g/mol. The maximum absolute atomic E-state index is 11.3. The summed E-state index contributed by atoms with van der Waals surface area (Å²) in [5.74, 6) is -0.611. The number of ether oxygens (including phenoxy) is 1. The lowest BCUT2D eigenvalue weighted by Gasteiger charge is -1.99. The summed E-state index contributed by atoms with van der Waals surface area (Å²) < 4.78 is 4.74. The van der Waals surface area contributed by atoms with E-state index in [0.717, 1.165) is 5.56 Å². The first kappa shape index (κ1) is 12.3. The Morgan fingerprint density at radius 3 is 2.62 bits per heavy atom. The van der Waals surface area contributed by atoms with Crippen LogP contribution in [0.4, 0.5) is 0 Å². The minimum atomic E-state index is -0.611. The van der Waals surface area contributed by atoms with Gasteiger partial charge in [-0.1, -0.05) is 23.7 Å². The van der Waals surface area contributed by atoms with E-state index >= 15 is 0 Å². The molecule has 0 fully saturated rings. The number of rotatable bonds is 3. The van der Waals surface area contributed by atoms with Gasteiger partial charge in [-0.25, -0.2) is 4.79 Å². The predicted molar refractivity (Wildman–Crippen MR) is 61.7 cm³/mol. The zero-order valence-electron chi connectivity index (χ0n) is 8.74. The molecule has 0 aromatic heterocycles. The predicted octanol–water partition coefficient (Wildman–Crippen LogP) is 2.81. The summed E-state index contributed by atoms with van der Waals surface area (Å²) in [6.45, 7) is 1.94. The van der Waals surface area contributed by atoms with E-state index in [1.165, 1.54) is 6.08 Å². The van der Waals surface area contributed by atoms with Gasteiger partial charge in [-0.3, -0.25) is 0 Å². The normalized spacial score (nSPS) is 10.7. The third kappa shape index (κ3) is 3.41. The van der Waals surface area contributed by atoms with Crippen LogP contribution < -0.4 is 0 Å². The van der Waals surface area contributed by atoms with Crippen LogP contribution in [0.15, 0.2) is 29.8 Å². The van der Waals surface area contributed by atoms with Gasteiger partial charge in [0.2, 0.25) is 0 Å².